The van der Waals surface area contributed by atoms with E-state index in [4.69, 9.17) is 11.6 Å². The number of carbonyl (C=O) groups excluding carboxylic acids is 1. The van der Waals surface area contributed by atoms with Crippen LogP contribution >= 0.6 is 22.9 Å². The predicted molar refractivity (Wildman–Crippen MR) is 82.2 cm³/mol. The quantitative estimate of drug-likeness (QED) is 0.857. The second-order valence-electron chi connectivity index (χ2n) is 5.17. The van der Waals surface area contributed by atoms with Crippen LogP contribution in [-0.4, -0.2) is 29.4 Å². The molecule has 0 saturated heterocycles. The van der Waals surface area contributed by atoms with E-state index in [1.807, 2.05) is 36.7 Å². The molecule has 3 rings (SSSR count). The van der Waals surface area contributed by atoms with Gasteiger partial charge in [-0.1, -0.05) is 23.7 Å². The molecule has 5 heteroatoms. The van der Waals surface area contributed by atoms with Gasteiger partial charge in [-0.2, -0.15) is 0 Å². The van der Waals surface area contributed by atoms with Crippen LogP contribution in [0.3, 0.4) is 0 Å². The molecule has 20 heavy (non-hydrogen) atoms. The van der Waals surface area contributed by atoms with Gasteiger partial charge in [0.2, 0.25) is 0 Å². The molecule has 1 heterocycles. The lowest BCUT2D eigenvalue weighted by Crippen LogP contribution is -2.28. The Bertz CT molecular complexity index is 619. The zero-order valence-electron chi connectivity index (χ0n) is 11.2. The fraction of sp³-hybridized carbons (Fsp3) is 0.333. The molecular weight excluding hydrogens is 292 g/mol. The molecule has 0 bridgehead atoms. The Balaban J connectivity index is 1.75. The molecule has 0 atom stereocenters. The van der Waals surface area contributed by atoms with Gasteiger partial charge in [-0.05, 0) is 30.9 Å². The van der Waals surface area contributed by atoms with Crippen LogP contribution in [0.15, 0.2) is 29.6 Å². The third-order valence-electron chi connectivity index (χ3n) is 3.40. The van der Waals surface area contributed by atoms with Crippen LogP contribution in [-0.2, 0) is 0 Å². The number of amides is 1. The van der Waals surface area contributed by atoms with Crippen LogP contribution in [0.5, 0.6) is 0 Å². The molecule has 3 nitrogen and oxygen atoms in total. The van der Waals surface area contributed by atoms with Crippen molar-refractivity contribution in [2.45, 2.75) is 12.8 Å². The number of benzene rings is 1. The lowest BCUT2D eigenvalue weighted by atomic mass is 10.2. The number of hydrogen-bond donors (Lipinski definition) is 0. The first-order chi connectivity index (χ1) is 9.63. The number of hydrogen-bond acceptors (Lipinski definition) is 3. The molecule has 2 aromatic rings. The van der Waals surface area contributed by atoms with E-state index < -0.39 is 0 Å². The Kier molecular flexibility index (Phi) is 3.76. The predicted octanol–water partition coefficient (Wildman–Crippen LogP) is 3.95. The molecule has 0 radical (unpaired) electrons. The Morgan fingerprint density at radius 2 is 2.10 bits per heavy atom. The van der Waals surface area contributed by atoms with E-state index in [2.05, 4.69) is 4.98 Å². The van der Waals surface area contributed by atoms with Gasteiger partial charge in [0.1, 0.15) is 0 Å². The average molecular weight is 307 g/mol. The molecule has 1 aliphatic rings. The highest BCUT2D eigenvalue weighted by atomic mass is 35.5. The molecule has 1 saturated carbocycles. The maximum Gasteiger partial charge on any atom is 0.282 e. The van der Waals surface area contributed by atoms with Gasteiger partial charge in [0.05, 0.1) is 5.69 Å². The van der Waals surface area contributed by atoms with Crippen molar-refractivity contribution in [2.75, 3.05) is 13.6 Å². The van der Waals surface area contributed by atoms with Gasteiger partial charge in [0.25, 0.3) is 5.91 Å². The minimum Gasteiger partial charge on any atom is -0.339 e. The van der Waals surface area contributed by atoms with E-state index >= 15 is 0 Å². The monoisotopic (exact) mass is 306 g/mol. The maximum atomic E-state index is 12.3. The number of nitrogens with zero attached hydrogens (tertiary/aromatic N) is 2. The van der Waals surface area contributed by atoms with E-state index in [0.29, 0.717) is 15.9 Å². The van der Waals surface area contributed by atoms with Gasteiger partial charge >= 0.3 is 0 Å². The van der Waals surface area contributed by atoms with Crippen LogP contribution in [0.4, 0.5) is 0 Å². The van der Waals surface area contributed by atoms with Crippen molar-refractivity contribution in [2.24, 2.45) is 5.92 Å². The molecular formula is C15H15ClN2OS. The normalized spacial score (nSPS) is 14.3. The molecule has 0 unspecified atom stereocenters. The van der Waals surface area contributed by atoms with Crippen molar-refractivity contribution in [1.82, 2.24) is 9.88 Å². The topological polar surface area (TPSA) is 33.2 Å². The van der Waals surface area contributed by atoms with Crippen molar-refractivity contribution in [3.8, 4) is 11.3 Å². The van der Waals surface area contributed by atoms with Gasteiger partial charge in [-0.25, -0.2) is 4.98 Å². The third-order valence-corrected chi connectivity index (χ3v) is 4.49. The smallest absolute Gasteiger partial charge is 0.282 e. The van der Waals surface area contributed by atoms with Crippen LogP contribution in [0, 0.1) is 5.92 Å². The van der Waals surface area contributed by atoms with Crippen molar-refractivity contribution in [3.63, 3.8) is 0 Å². The van der Waals surface area contributed by atoms with Gasteiger partial charge in [0.15, 0.2) is 5.01 Å². The number of rotatable bonds is 4. The molecule has 0 spiro atoms. The summed E-state index contributed by atoms with van der Waals surface area (Å²) >= 11 is 7.27. The maximum absolute atomic E-state index is 12.3. The molecule has 1 aliphatic carbocycles. The van der Waals surface area contributed by atoms with Gasteiger partial charge in [-0.15, -0.1) is 11.3 Å². The summed E-state index contributed by atoms with van der Waals surface area (Å²) in [6, 6.07) is 7.49. The number of carbonyl (C=O) groups is 1. The standard InChI is InChI=1S/C15H15ClN2OS/c1-18(8-10-2-3-10)15(19)14-17-13(9-20-14)11-4-6-12(16)7-5-11/h4-7,9-10H,2-3,8H2,1H3. The van der Waals surface area contributed by atoms with Crippen LogP contribution in [0.1, 0.15) is 22.6 Å². The zero-order chi connectivity index (χ0) is 14.1. The SMILES string of the molecule is CN(CC1CC1)C(=O)c1nc(-c2ccc(Cl)cc2)cs1. The Morgan fingerprint density at radius 1 is 1.40 bits per heavy atom. The number of aromatic nitrogens is 1. The summed E-state index contributed by atoms with van der Waals surface area (Å²) < 4.78 is 0. The van der Waals surface area contributed by atoms with Crippen LogP contribution < -0.4 is 0 Å². The van der Waals surface area contributed by atoms with Gasteiger partial charge in [-0.3, -0.25) is 4.79 Å². The third kappa shape index (κ3) is 3.02. The highest BCUT2D eigenvalue weighted by molar-refractivity contribution is 7.12. The van der Waals surface area contributed by atoms with Gasteiger partial charge < -0.3 is 4.90 Å². The van der Waals surface area contributed by atoms with Crippen molar-refractivity contribution >= 4 is 28.8 Å². The largest absolute Gasteiger partial charge is 0.339 e. The van der Waals surface area contributed by atoms with E-state index in [0.717, 1.165) is 17.8 Å². The molecule has 1 aromatic carbocycles. The van der Waals surface area contributed by atoms with Crippen molar-refractivity contribution in [1.29, 1.82) is 0 Å². The zero-order valence-corrected chi connectivity index (χ0v) is 12.7. The lowest BCUT2D eigenvalue weighted by Gasteiger charge is -2.14. The minimum atomic E-state index is 0.0158. The average Bonchev–Trinajstić information content (AvgIpc) is 3.12. The van der Waals surface area contributed by atoms with Gasteiger partial charge in [0, 0.05) is 29.6 Å². The summed E-state index contributed by atoms with van der Waals surface area (Å²) in [4.78, 5) is 18.5. The second kappa shape index (κ2) is 5.54. The molecule has 1 amide bonds. The van der Waals surface area contributed by atoms with E-state index in [-0.39, 0.29) is 5.91 Å². The number of thiazole rings is 1. The molecule has 0 aliphatic heterocycles. The highest BCUT2D eigenvalue weighted by Crippen LogP contribution is 2.30. The summed E-state index contributed by atoms with van der Waals surface area (Å²) in [5, 5.41) is 3.17. The van der Waals surface area contributed by atoms with Crippen LogP contribution in [0.25, 0.3) is 11.3 Å². The Hall–Kier alpha value is -1.39. The molecule has 1 fully saturated rings. The Labute approximate surface area is 127 Å². The first-order valence-electron chi connectivity index (χ1n) is 6.60. The second-order valence-corrected chi connectivity index (χ2v) is 6.47. The summed E-state index contributed by atoms with van der Waals surface area (Å²) in [6.45, 7) is 0.842. The first-order valence-corrected chi connectivity index (χ1v) is 7.86. The summed E-state index contributed by atoms with van der Waals surface area (Å²) in [7, 11) is 1.85. The fourth-order valence-electron chi connectivity index (χ4n) is 2.06. The Morgan fingerprint density at radius 3 is 2.75 bits per heavy atom. The van der Waals surface area contributed by atoms with E-state index in [1.54, 1.807) is 4.90 Å². The fourth-order valence-corrected chi connectivity index (χ4v) is 3.00. The van der Waals surface area contributed by atoms with E-state index in [9.17, 15) is 4.79 Å². The summed E-state index contributed by atoms with van der Waals surface area (Å²) in [6.07, 6.45) is 2.48. The number of halogens is 1. The molecule has 0 N–H and O–H groups in total. The lowest BCUT2D eigenvalue weighted by molar-refractivity contribution is 0.0788. The minimum absolute atomic E-state index is 0.0158. The highest BCUT2D eigenvalue weighted by Gasteiger charge is 2.26. The molecule has 104 valence electrons. The van der Waals surface area contributed by atoms with Crippen LogP contribution in [0.2, 0.25) is 5.02 Å². The first kappa shape index (κ1) is 13.6. The van der Waals surface area contributed by atoms with Crippen molar-refractivity contribution < 1.29 is 4.79 Å². The van der Waals surface area contributed by atoms with Crippen molar-refractivity contribution in [3.05, 3.63) is 39.7 Å². The molecule has 1 aromatic heterocycles. The summed E-state index contributed by atoms with van der Waals surface area (Å²) in [5.41, 5.74) is 1.81. The summed E-state index contributed by atoms with van der Waals surface area (Å²) in [5.74, 6) is 0.710. The van der Waals surface area contributed by atoms with E-state index in [1.165, 1.54) is 24.2 Å².